The molecule has 4 heterocycles. The zero-order chi connectivity index (χ0) is 17.1. The third-order valence-corrected chi connectivity index (χ3v) is 4.68. The van der Waals surface area contributed by atoms with E-state index in [0.29, 0.717) is 5.82 Å². The third-order valence-electron chi connectivity index (χ3n) is 4.68. The van der Waals surface area contributed by atoms with E-state index in [0.717, 1.165) is 38.3 Å². The Labute approximate surface area is 146 Å². The van der Waals surface area contributed by atoms with E-state index in [-0.39, 0.29) is 11.7 Å². The van der Waals surface area contributed by atoms with Gasteiger partial charge in [-0.15, -0.1) is 0 Å². The van der Waals surface area contributed by atoms with Crippen molar-refractivity contribution < 1.29 is 4.39 Å². The number of anilines is 1. The standard InChI is InChI=1S/C19H20FN5/c20-17-4-1-7-22-19(17)24-11-2-3-16(14-24)18-23-10-12-25(18)13-15-5-8-21-9-6-15/h1,4-10,12,16H,2-3,11,13-14H2. The lowest BCUT2D eigenvalue weighted by molar-refractivity contribution is 0.467. The van der Waals surface area contributed by atoms with Gasteiger partial charge in [-0.25, -0.2) is 14.4 Å². The molecule has 1 fully saturated rings. The highest BCUT2D eigenvalue weighted by Gasteiger charge is 2.26. The molecule has 128 valence electrons. The van der Waals surface area contributed by atoms with Crippen molar-refractivity contribution in [3.8, 4) is 0 Å². The minimum atomic E-state index is -0.261. The van der Waals surface area contributed by atoms with E-state index in [1.807, 2.05) is 29.4 Å². The minimum Gasteiger partial charge on any atom is -0.353 e. The van der Waals surface area contributed by atoms with Crippen LogP contribution in [-0.4, -0.2) is 32.6 Å². The van der Waals surface area contributed by atoms with Gasteiger partial charge in [0, 0.05) is 56.5 Å². The monoisotopic (exact) mass is 337 g/mol. The van der Waals surface area contributed by atoms with Gasteiger partial charge in [0.15, 0.2) is 11.6 Å². The highest BCUT2D eigenvalue weighted by Crippen LogP contribution is 2.29. The molecule has 0 saturated carbocycles. The van der Waals surface area contributed by atoms with Crippen molar-refractivity contribution >= 4 is 5.82 Å². The molecular weight excluding hydrogens is 317 g/mol. The topological polar surface area (TPSA) is 46.8 Å². The molecule has 4 rings (SSSR count). The molecule has 0 N–H and O–H groups in total. The van der Waals surface area contributed by atoms with Crippen LogP contribution in [0.5, 0.6) is 0 Å². The van der Waals surface area contributed by atoms with Crippen molar-refractivity contribution in [3.05, 3.63) is 72.5 Å². The first kappa shape index (κ1) is 15.7. The average Bonchev–Trinajstić information content (AvgIpc) is 3.11. The van der Waals surface area contributed by atoms with Gasteiger partial charge in [-0.3, -0.25) is 4.98 Å². The van der Waals surface area contributed by atoms with E-state index in [2.05, 4.69) is 19.5 Å². The number of piperidine rings is 1. The van der Waals surface area contributed by atoms with Gasteiger partial charge in [0.25, 0.3) is 0 Å². The third kappa shape index (κ3) is 3.38. The summed E-state index contributed by atoms with van der Waals surface area (Å²) in [4.78, 5) is 14.9. The first-order chi connectivity index (χ1) is 12.3. The number of pyridine rings is 2. The van der Waals surface area contributed by atoms with Gasteiger partial charge in [0.1, 0.15) is 5.82 Å². The molecule has 0 aliphatic carbocycles. The zero-order valence-corrected chi connectivity index (χ0v) is 13.9. The molecule has 5 nitrogen and oxygen atoms in total. The van der Waals surface area contributed by atoms with Crippen LogP contribution < -0.4 is 4.90 Å². The van der Waals surface area contributed by atoms with E-state index >= 15 is 0 Å². The van der Waals surface area contributed by atoms with Crippen LogP contribution in [0.1, 0.15) is 30.1 Å². The molecule has 0 spiro atoms. The van der Waals surface area contributed by atoms with E-state index in [9.17, 15) is 4.39 Å². The highest BCUT2D eigenvalue weighted by molar-refractivity contribution is 5.40. The maximum Gasteiger partial charge on any atom is 0.165 e. The van der Waals surface area contributed by atoms with Crippen LogP contribution in [0.2, 0.25) is 0 Å². The Morgan fingerprint density at radius 2 is 1.96 bits per heavy atom. The molecule has 3 aromatic rings. The van der Waals surface area contributed by atoms with Gasteiger partial charge >= 0.3 is 0 Å². The molecule has 3 aromatic heterocycles. The van der Waals surface area contributed by atoms with Crippen molar-refractivity contribution in [2.24, 2.45) is 0 Å². The predicted octanol–water partition coefficient (Wildman–Crippen LogP) is 3.24. The quantitative estimate of drug-likeness (QED) is 0.733. The average molecular weight is 337 g/mol. The molecule has 0 radical (unpaired) electrons. The smallest absolute Gasteiger partial charge is 0.165 e. The molecule has 1 unspecified atom stereocenters. The Bertz CT molecular complexity index is 833. The van der Waals surface area contributed by atoms with Gasteiger partial charge in [-0.05, 0) is 42.7 Å². The molecule has 1 atom stereocenters. The van der Waals surface area contributed by atoms with Crippen LogP contribution in [0.3, 0.4) is 0 Å². The lowest BCUT2D eigenvalue weighted by Crippen LogP contribution is -2.36. The Balaban J connectivity index is 1.54. The van der Waals surface area contributed by atoms with Crippen molar-refractivity contribution in [2.45, 2.75) is 25.3 Å². The summed E-state index contributed by atoms with van der Waals surface area (Å²) in [6.07, 6.45) is 11.2. The molecule has 0 bridgehead atoms. The van der Waals surface area contributed by atoms with E-state index in [1.54, 1.807) is 24.7 Å². The van der Waals surface area contributed by atoms with Crippen LogP contribution in [0, 0.1) is 5.82 Å². The molecule has 6 heteroatoms. The largest absolute Gasteiger partial charge is 0.353 e. The summed E-state index contributed by atoms with van der Waals surface area (Å²) in [7, 11) is 0. The molecule has 1 aliphatic heterocycles. The van der Waals surface area contributed by atoms with Crippen LogP contribution in [0.15, 0.2) is 55.2 Å². The maximum absolute atomic E-state index is 14.1. The summed E-state index contributed by atoms with van der Waals surface area (Å²) in [5, 5.41) is 0. The number of hydrogen-bond acceptors (Lipinski definition) is 4. The van der Waals surface area contributed by atoms with Gasteiger partial charge in [0.2, 0.25) is 0 Å². The fourth-order valence-corrected chi connectivity index (χ4v) is 3.49. The first-order valence-electron chi connectivity index (χ1n) is 8.56. The SMILES string of the molecule is Fc1cccnc1N1CCCC(c2nccn2Cc2ccncc2)C1. The zero-order valence-electron chi connectivity index (χ0n) is 13.9. The Kier molecular flexibility index (Phi) is 4.41. The number of aromatic nitrogens is 4. The maximum atomic E-state index is 14.1. The number of rotatable bonds is 4. The van der Waals surface area contributed by atoms with Crippen molar-refractivity contribution in [1.82, 2.24) is 19.5 Å². The molecule has 0 aromatic carbocycles. The Morgan fingerprint density at radius 1 is 1.08 bits per heavy atom. The van der Waals surface area contributed by atoms with Crippen LogP contribution in [-0.2, 0) is 6.54 Å². The summed E-state index contributed by atoms with van der Waals surface area (Å²) in [5.41, 5.74) is 1.19. The van der Waals surface area contributed by atoms with Crippen molar-refractivity contribution in [2.75, 3.05) is 18.0 Å². The summed E-state index contributed by atoms with van der Waals surface area (Å²) < 4.78 is 16.3. The summed E-state index contributed by atoms with van der Waals surface area (Å²) in [6.45, 7) is 2.34. The lowest BCUT2D eigenvalue weighted by Gasteiger charge is -2.33. The summed E-state index contributed by atoms with van der Waals surface area (Å²) in [6, 6.07) is 7.12. The number of imidazole rings is 1. The second-order valence-corrected chi connectivity index (χ2v) is 6.36. The number of nitrogens with zero attached hydrogens (tertiary/aromatic N) is 5. The van der Waals surface area contributed by atoms with Gasteiger partial charge in [-0.2, -0.15) is 0 Å². The molecule has 1 saturated heterocycles. The second-order valence-electron chi connectivity index (χ2n) is 6.36. The van der Waals surface area contributed by atoms with Crippen LogP contribution in [0.4, 0.5) is 10.2 Å². The minimum absolute atomic E-state index is 0.261. The number of halogens is 1. The molecular formula is C19H20FN5. The Morgan fingerprint density at radius 3 is 2.80 bits per heavy atom. The van der Waals surface area contributed by atoms with Gasteiger partial charge in [-0.1, -0.05) is 0 Å². The fourth-order valence-electron chi connectivity index (χ4n) is 3.49. The lowest BCUT2D eigenvalue weighted by atomic mass is 9.97. The van der Waals surface area contributed by atoms with E-state index in [1.165, 1.54) is 11.6 Å². The van der Waals surface area contributed by atoms with E-state index < -0.39 is 0 Å². The summed E-state index contributed by atoms with van der Waals surface area (Å²) >= 11 is 0. The molecule has 1 aliphatic rings. The van der Waals surface area contributed by atoms with Crippen molar-refractivity contribution in [1.29, 1.82) is 0 Å². The van der Waals surface area contributed by atoms with Crippen LogP contribution >= 0.6 is 0 Å². The second kappa shape index (κ2) is 7.01. The fraction of sp³-hybridized carbons (Fsp3) is 0.316. The predicted molar refractivity (Wildman–Crippen MR) is 93.9 cm³/mol. The number of hydrogen-bond donors (Lipinski definition) is 0. The van der Waals surface area contributed by atoms with Crippen molar-refractivity contribution in [3.63, 3.8) is 0 Å². The molecule has 0 amide bonds. The normalized spacial score (nSPS) is 17.6. The van der Waals surface area contributed by atoms with Gasteiger partial charge < -0.3 is 9.47 Å². The van der Waals surface area contributed by atoms with E-state index in [4.69, 9.17) is 0 Å². The molecule has 25 heavy (non-hydrogen) atoms. The summed E-state index contributed by atoms with van der Waals surface area (Å²) in [5.74, 6) is 1.51. The Hall–Kier alpha value is -2.76. The highest BCUT2D eigenvalue weighted by atomic mass is 19.1. The van der Waals surface area contributed by atoms with Crippen LogP contribution in [0.25, 0.3) is 0 Å². The van der Waals surface area contributed by atoms with Gasteiger partial charge in [0.05, 0.1) is 0 Å². The first-order valence-corrected chi connectivity index (χ1v) is 8.56.